The van der Waals surface area contributed by atoms with Gasteiger partial charge in [0, 0.05) is 52.0 Å². The molecule has 5 heterocycles. The van der Waals surface area contributed by atoms with Crippen LogP contribution in [-0.4, -0.2) is 115 Å². The van der Waals surface area contributed by atoms with E-state index in [1.54, 1.807) is 38.1 Å². The maximum absolute atomic E-state index is 13.0. The Balaban J connectivity index is 0.00000107. The summed E-state index contributed by atoms with van der Waals surface area (Å²) in [6.07, 6.45) is 2.56. The number of aromatic nitrogens is 4. The molecule has 3 saturated heterocycles. The standard InChI is InChI=1S/C15H21BN2O2.C12H24B2O4.C9H10BrFO.C9H8BrFO.C9H9BrN2.C7H4BrFO.C2H5.CH4.BrH.Mg.H4N2/c1-6-12-11-9-10(7-8-13(11)18-17-12)16-19-14(2,3)15(4,5)20-16;1-9(2)10(3,4)16-13(15-9)14-17-11(5,6)12(7,8)18-14;2*1-2-9(12)7-5-6(10)3-4-8(7)11;1-2-8-7-5-6(10)3-4-9(7)12-11-8;8-6-1-2-7(9)5(3-6)4-10;1-2;;;;1-2/h7-9H,6H2,1-5H3,(H,17,18);1-8H3;3-5,9,12H,2H2,1H3;3-5H,2H2,1H3;3-5H,2H2,1H3,(H,11,12);1-4H;1H2,2H3;1H4;1H;;1-2H2/q;;;;;;-1;;;+2;/p-1. The molecular formula is C64H89B3Br5F3MgN6O9. The molecule has 3 fully saturated rings. The molecule has 2 aromatic heterocycles. The number of Topliss-reactive ketones (excluding diaryl/α,β-unsaturated/α-hetero) is 1. The maximum atomic E-state index is 13.0. The number of aliphatic hydroxyl groups excluding tert-OH is 1. The Morgan fingerprint density at radius 1 is 0.582 bits per heavy atom. The van der Waals surface area contributed by atoms with Crippen molar-refractivity contribution in [1.29, 1.82) is 0 Å². The number of hydrogen-bond acceptors (Lipinski definition) is 13. The Hall–Kier alpha value is -2.83. The summed E-state index contributed by atoms with van der Waals surface area (Å²) in [4.78, 5) is 21.2. The van der Waals surface area contributed by atoms with Gasteiger partial charge in [-0.3, -0.25) is 31.5 Å². The first kappa shape index (κ1) is 88.2. The second kappa shape index (κ2) is 38.8. The summed E-state index contributed by atoms with van der Waals surface area (Å²) in [6.45, 7) is 37.2. The summed E-state index contributed by atoms with van der Waals surface area (Å²) in [5.41, 5.74) is 3.96. The molecule has 7 aromatic rings. The Morgan fingerprint density at radius 3 is 1.35 bits per heavy atom. The van der Waals surface area contributed by atoms with Gasteiger partial charge >= 0.3 is 44.2 Å². The van der Waals surface area contributed by atoms with Gasteiger partial charge in [0.1, 0.15) is 17.5 Å². The first-order valence-electron chi connectivity index (χ1n) is 28.8. The summed E-state index contributed by atoms with van der Waals surface area (Å²) in [5.74, 6) is 6.53. The first-order valence-corrected chi connectivity index (χ1v) is 32.0. The molecule has 1 unspecified atom stereocenters. The molecule has 15 nitrogen and oxygen atoms in total. The van der Waals surface area contributed by atoms with Gasteiger partial charge in [-0.2, -0.15) is 17.1 Å². The van der Waals surface area contributed by atoms with Crippen LogP contribution in [0.4, 0.5) is 13.2 Å². The average molecular weight is 1600 g/mol. The second-order valence-corrected chi connectivity index (χ2v) is 26.8. The van der Waals surface area contributed by atoms with Gasteiger partial charge in [-0.1, -0.05) is 111 Å². The molecule has 91 heavy (non-hydrogen) atoms. The number of carbonyl (C=O) groups is 2. The number of aldehydes is 1. The number of nitrogens with zero attached hydrogens (tertiary/aromatic N) is 2. The molecule has 27 heteroatoms. The van der Waals surface area contributed by atoms with Crippen LogP contribution in [0.3, 0.4) is 0 Å². The number of carbonyl (C=O) groups excluding carboxylic acids is 2. The van der Waals surface area contributed by atoms with Crippen LogP contribution in [0.2, 0.25) is 0 Å². The van der Waals surface area contributed by atoms with Crippen LogP contribution < -0.4 is 34.1 Å². The minimum absolute atomic E-state index is 0. The van der Waals surface area contributed by atoms with Gasteiger partial charge in [0.25, 0.3) is 0 Å². The third kappa shape index (κ3) is 23.8. The predicted octanol–water partition coefficient (Wildman–Crippen LogP) is 13.1. The molecule has 1 atom stereocenters. The molecule has 0 aliphatic carbocycles. The monoisotopic (exact) mass is 1590 g/mol. The molecule has 0 amide bonds. The van der Waals surface area contributed by atoms with E-state index in [-0.39, 0.29) is 111 Å². The van der Waals surface area contributed by atoms with Gasteiger partial charge in [-0.05, 0) is 187 Å². The second-order valence-electron chi connectivity index (χ2n) is 23.2. The quantitative estimate of drug-likeness (QED) is 0.0227. The zero-order valence-corrected chi connectivity index (χ0v) is 63.9. The van der Waals surface area contributed by atoms with E-state index in [2.05, 4.69) is 156 Å². The van der Waals surface area contributed by atoms with Crippen molar-refractivity contribution in [1.82, 2.24) is 20.4 Å². The van der Waals surface area contributed by atoms with Crippen LogP contribution in [0.25, 0.3) is 21.8 Å². The van der Waals surface area contributed by atoms with Crippen molar-refractivity contribution in [2.24, 2.45) is 11.7 Å². The van der Waals surface area contributed by atoms with Gasteiger partial charge in [-0.25, -0.2) is 13.2 Å². The normalized spacial score (nSPS) is 16.5. The number of rotatable bonds is 9. The summed E-state index contributed by atoms with van der Waals surface area (Å²) in [7, 11) is -1.27. The van der Waals surface area contributed by atoms with E-state index >= 15 is 0 Å². The van der Waals surface area contributed by atoms with Crippen molar-refractivity contribution in [2.75, 3.05) is 0 Å². The van der Waals surface area contributed by atoms with Crippen molar-refractivity contribution in [3.8, 4) is 0 Å². The number of hydrogen-bond donors (Lipinski definition) is 5. The average Bonchev–Trinajstić information content (AvgIpc) is 1.61. The predicted molar refractivity (Wildman–Crippen MR) is 376 cm³/mol. The zero-order chi connectivity index (χ0) is 66.9. The number of benzene rings is 5. The van der Waals surface area contributed by atoms with Gasteiger partial charge < -0.3 is 56.9 Å². The maximum Gasteiger partial charge on any atom is 2.00 e. The van der Waals surface area contributed by atoms with E-state index < -0.39 is 31.8 Å². The zero-order valence-electron chi connectivity index (χ0n) is 54.6. The number of hydrazine groups is 1. The fraction of sp³-hybridized carbons (Fsp3) is 0.453. The SMILES string of the molecule is C.CC1(C)OB(B2OC(C)(C)C(C)(C)O2)OC1(C)C.CCC(=O)c1cc(Br)ccc1F.CCC(O)c1cc(Br)ccc1F.CCc1[nH]nc2ccc(B3OC(C)(C)C(C)(C)O3)cc12.CCc1[nH]nc2ccc(Br)cc12.NN.O=Cc1cc(Br)ccc1F.[Br-].[CH2-]C.[Mg+2]. The molecule has 10 rings (SSSR count). The Labute approximate surface area is 598 Å². The Bertz CT molecular complexity index is 3320. The van der Waals surface area contributed by atoms with Gasteiger partial charge in [0.2, 0.25) is 0 Å². The third-order valence-electron chi connectivity index (χ3n) is 15.6. The van der Waals surface area contributed by atoms with Gasteiger partial charge in [0.15, 0.2) is 12.1 Å². The molecule has 3 aliphatic heterocycles. The van der Waals surface area contributed by atoms with Crippen molar-refractivity contribution in [2.45, 2.75) is 191 Å². The number of fused-ring (bicyclic) bond motifs is 2. The van der Waals surface area contributed by atoms with Crippen molar-refractivity contribution >= 4 is 147 Å². The summed E-state index contributed by atoms with van der Waals surface area (Å²) in [5, 5.41) is 26.3. The molecule has 496 valence electrons. The fourth-order valence-electron chi connectivity index (χ4n) is 8.28. The largest absolute Gasteiger partial charge is 2.00 e. The molecule has 0 radical (unpaired) electrons. The van der Waals surface area contributed by atoms with Crippen LogP contribution in [0, 0.1) is 24.4 Å². The van der Waals surface area contributed by atoms with E-state index in [1.165, 1.54) is 41.4 Å². The number of aliphatic hydroxyl groups is 1. The number of aromatic amines is 2. The topological polar surface area (TPSA) is 219 Å². The van der Waals surface area contributed by atoms with E-state index in [4.69, 9.17) is 27.9 Å². The summed E-state index contributed by atoms with van der Waals surface area (Å²) in [6, 6.07) is 25.4. The molecule has 0 bridgehead atoms. The number of aryl methyl sites for hydroxylation is 2. The minimum atomic E-state index is -0.706. The minimum Gasteiger partial charge on any atom is -1.00 e. The van der Waals surface area contributed by atoms with Crippen LogP contribution in [0.5, 0.6) is 0 Å². The smallest absolute Gasteiger partial charge is 1.00 e. The van der Waals surface area contributed by atoms with Crippen LogP contribution in [-0.2, 0) is 40.8 Å². The third-order valence-corrected chi connectivity index (χ3v) is 17.6. The van der Waals surface area contributed by atoms with Gasteiger partial charge in [-0.15, -0.1) is 0 Å². The molecule has 3 aliphatic rings. The number of ketones is 1. The Morgan fingerprint density at radius 2 is 0.945 bits per heavy atom. The summed E-state index contributed by atoms with van der Waals surface area (Å²) >= 11 is 12.9. The van der Waals surface area contributed by atoms with Crippen LogP contribution in [0.1, 0.15) is 182 Å². The Kier molecular flexibility index (Phi) is 37.6. The summed E-state index contributed by atoms with van der Waals surface area (Å²) < 4.78 is 77.9. The van der Waals surface area contributed by atoms with Gasteiger partial charge in [0.05, 0.1) is 61.9 Å². The number of nitrogens with one attached hydrogen (secondary N) is 2. The molecule has 7 N–H and O–H groups in total. The fourth-order valence-corrected chi connectivity index (χ4v) is 9.76. The van der Waals surface area contributed by atoms with Crippen molar-refractivity contribution < 1.29 is 72.8 Å². The molecule has 0 spiro atoms. The first-order chi connectivity index (χ1) is 41.1. The van der Waals surface area contributed by atoms with E-state index in [9.17, 15) is 27.9 Å². The van der Waals surface area contributed by atoms with Crippen LogP contribution in [0.15, 0.2) is 109 Å². The van der Waals surface area contributed by atoms with E-state index in [1.807, 2.05) is 86.6 Å². The number of H-pyrrole nitrogens is 2. The van der Waals surface area contributed by atoms with E-state index in [0.717, 1.165) is 53.8 Å². The number of halogens is 8. The molecule has 5 aromatic carbocycles. The molecular weight excluding hydrogens is 1510 g/mol. The van der Waals surface area contributed by atoms with Crippen LogP contribution >= 0.6 is 63.7 Å². The number of nitrogens with two attached hydrogens (primary N) is 2. The van der Waals surface area contributed by atoms with E-state index in [0.29, 0.717) is 29.2 Å². The van der Waals surface area contributed by atoms with Crippen molar-refractivity contribution in [3.05, 3.63) is 161 Å². The van der Waals surface area contributed by atoms with Crippen molar-refractivity contribution in [3.63, 3.8) is 0 Å². The molecule has 0 saturated carbocycles.